The van der Waals surface area contributed by atoms with Gasteiger partial charge in [-0.15, -0.1) is 0 Å². The maximum absolute atomic E-state index is 2.45. The van der Waals surface area contributed by atoms with Crippen molar-refractivity contribution in [3.05, 3.63) is 36.5 Å². The van der Waals surface area contributed by atoms with E-state index < -0.39 is 0 Å². The van der Waals surface area contributed by atoms with Gasteiger partial charge in [0.2, 0.25) is 0 Å². The number of para-hydroxylation sites is 1. The van der Waals surface area contributed by atoms with Crippen LogP contribution in [0.15, 0.2) is 36.5 Å². The van der Waals surface area contributed by atoms with Crippen molar-refractivity contribution in [3.63, 3.8) is 0 Å². The molecule has 0 amide bonds. The van der Waals surface area contributed by atoms with Gasteiger partial charge in [-0.1, -0.05) is 18.2 Å². The zero-order valence-electron chi connectivity index (χ0n) is 10.3. The molecule has 3 heteroatoms. The lowest BCUT2D eigenvalue weighted by molar-refractivity contribution is 0.358. The smallest absolute Gasteiger partial charge is 0.0694 e. The van der Waals surface area contributed by atoms with Gasteiger partial charge in [-0.2, -0.15) is 0 Å². The van der Waals surface area contributed by atoms with E-state index in [1.165, 1.54) is 23.9 Å². The summed E-state index contributed by atoms with van der Waals surface area (Å²) in [6.07, 6.45) is 3.43. The van der Waals surface area contributed by atoms with Crippen LogP contribution in [0.2, 0.25) is 0 Å². The van der Waals surface area contributed by atoms with Crippen LogP contribution in [0.3, 0.4) is 0 Å². The van der Waals surface area contributed by atoms with Gasteiger partial charge >= 0.3 is 0 Å². The van der Waals surface area contributed by atoms with Gasteiger partial charge in [-0.25, -0.2) is 0 Å². The first-order valence-electron chi connectivity index (χ1n) is 6.34. The van der Waals surface area contributed by atoms with Crippen molar-refractivity contribution in [1.29, 1.82) is 0 Å². The summed E-state index contributed by atoms with van der Waals surface area (Å²) in [6, 6.07) is 10.8. The number of likely N-dealkylation sites (N-methyl/N-ethyl adjacent to an activating group) is 1. The lowest BCUT2D eigenvalue weighted by atomic mass is 10.3. The largest absolute Gasteiger partial charge is 0.311 e. The molecule has 1 aromatic heterocycles. The maximum atomic E-state index is 2.45. The van der Waals surface area contributed by atoms with Gasteiger partial charge < -0.3 is 9.91 Å². The zero-order valence-corrected chi connectivity index (χ0v) is 10.3. The van der Waals surface area contributed by atoms with E-state index >= 15 is 0 Å². The molecule has 0 radical (unpaired) electrons. The Hall–Kier alpha value is -1.48. The Balaban J connectivity index is 1.92. The van der Waals surface area contributed by atoms with E-state index in [0.717, 1.165) is 19.6 Å². The summed E-state index contributed by atoms with van der Waals surface area (Å²) >= 11 is 0. The molecule has 2 heterocycles. The first kappa shape index (κ1) is 10.7. The van der Waals surface area contributed by atoms with Crippen molar-refractivity contribution in [2.24, 2.45) is 0 Å². The van der Waals surface area contributed by atoms with Crippen LogP contribution < -0.4 is 5.01 Å². The highest BCUT2D eigenvalue weighted by Gasteiger charge is 2.13. The summed E-state index contributed by atoms with van der Waals surface area (Å²) in [6.45, 7) is 4.60. The summed E-state index contributed by atoms with van der Waals surface area (Å²) in [4.78, 5) is 2.41. The lowest BCUT2D eigenvalue weighted by Crippen LogP contribution is -2.37. The molecule has 3 nitrogen and oxygen atoms in total. The Labute approximate surface area is 102 Å². The van der Waals surface area contributed by atoms with Gasteiger partial charge in [0.1, 0.15) is 0 Å². The third kappa shape index (κ3) is 2.03. The van der Waals surface area contributed by atoms with Crippen LogP contribution in [0.25, 0.3) is 10.9 Å². The summed E-state index contributed by atoms with van der Waals surface area (Å²) < 4.78 is 2.31. The van der Waals surface area contributed by atoms with Crippen LogP contribution in [-0.2, 0) is 0 Å². The second-order valence-electron chi connectivity index (χ2n) is 4.83. The predicted molar refractivity (Wildman–Crippen MR) is 72.0 cm³/mol. The van der Waals surface area contributed by atoms with Crippen LogP contribution in [0.1, 0.15) is 6.42 Å². The molecule has 0 bridgehead atoms. The molecule has 1 aromatic carbocycles. The van der Waals surface area contributed by atoms with Crippen molar-refractivity contribution in [2.75, 3.05) is 38.2 Å². The summed E-state index contributed by atoms with van der Waals surface area (Å²) in [5, 5.41) is 3.77. The fourth-order valence-corrected chi connectivity index (χ4v) is 2.56. The van der Waals surface area contributed by atoms with Crippen molar-refractivity contribution >= 4 is 10.9 Å². The van der Waals surface area contributed by atoms with Gasteiger partial charge in [0, 0.05) is 31.2 Å². The average molecular weight is 229 g/mol. The first-order valence-corrected chi connectivity index (χ1v) is 6.34. The summed E-state index contributed by atoms with van der Waals surface area (Å²) in [7, 11) is 2.21. The maximum Gasteiger partial charge on any atom is 0.0694 e. The van der Waals surface area contributed by atoms with Crippen LogP contribution in [0, 0.1) is 0 Å². The van der Waals surface area contributed by atoms with Crippen molar-refractivity contribution in [2.45, 2.75) is 6.42 Å². The molecule has 1 fully saturated rings. The number of nitrogens with zero attached hydrogens (tertiary/aromatic N) is 3. The number of hydrogen-bond acceptors (Lipinski definition) is 2. The highest BCUT2D eigenvalue weighted by atomic mass is 15.5. The SMILES string of the molecule is CN1CCCN(n2ccc3ccccc32)CC1. The molecule has 0 unspecified atom stereocenters. The fourth-order valence-electron chi connectivity index (χ4n) is 2.56. The number of benzene rings is 1. The van der Waals surface area contributed by atoms with Gasteiger partial charge in [-0.3, -0.25) is 4.68 Å². The van der Waals surface area contributed by atoms with Gasteiger partial charge in [-0.05, 0) is 32.1 Å². The molecule has 0 N–H and O–H groups in total. The number of hydrogen-bond donors (Lipinski definition) is 0. The van der Waals surface area contributed by atoms with Crippen LogP contribution in [-0.4, -0.2) is 42.8 Å². The van der Waals surface area contributed by atoms with E-state index in [4.69, 9.17) is 0 Å². The normalized spacial score (nSPS) is 18.5. The first-order chi connectivity index (χ1) is 8.34. The molecular weight excluding hydrogens is 210 g/mol. The monoisotopic (exact) mass is 229 g/mol. The van der Waals surface area contributed by atoms with E-state index in [1.54, 1.807) is 0 Å². The number of fused-ring (bicyclic) bond motifs is 1. The molecule has 1 aliphatic heterocycles. The predicted octanol–water partition coefficient (Wildman–Crippen LogP) is 1.91. The van der Waals surface area contributed by atoms with E-state index in [-0.39, 0.29) is 0 Å². The van der Waals surface area contributed by atoms with E-state index in [2.05, 4.69) is 58.2 Å². The van der Waals surface area contributed by atoms with Crippen LogP contribution >= 0.6 is 0 Å². The molecular formula is C14H19N3. The van der Waals surface area contributed by atoms with Crippen LogP contribution in [0.5, 0.6) is 0 Å². The minimum absolute atomic E-state index is 1.11. The molecule has 3 rings (SSSR count). The molecule has 90 valence electrons. The topological polar surface area (TPSA) is 11.4 Å². The Kier molecular flexibility index (Phi) is 2.77. The summed E-state index contributed by atoms with van der Waals surface area (Å²) in [5.41, 5.74) is 1.32. The zero-order chi connectivity index (χ0) is 11.7. The molecule has 1 aliphatic rings. The average Bonchev–Trinajstić information content (AvgIpc) is 2.66. The van der Waals surface area contributed by atoms with E-state index in [1.807, 2.05) is 0 Å². The van der Waals surface area contributed by atoms with Crippen molar-refractivity contribution in [1.82, 2.24) is 9.58 Å². The Morgan fingerprint density at radius 3 is 2.76 bits per heavy atom. The number of aromatic nitrogens is 1. The quantitative estimate of drug-likeness (QED) is 0.740. The highest BCUT2D eigenvalue weighted by Crippen LogP contribution is 2.16. The molecule has 0 spiro atoms. The molecule has 0 atom stereocenters. The third-order valence-electron chi connectivity index (χ3n) is 3.58. The fraction of sp³-hybridized carbons (Fsp3) is 0.429. The molecule has 1 saturated heterocycles. The molecule has 0 saturated carbocycles. The Morgan fingerprint density at radius 2 is 1.82 bits per heavy atom. The highest BCUT2D eigenvalue weighted by molar-refractivity contribution is 5.80. The third-order valence-corrected chi connectivity index (χ3v) is 3.58. The minimum atomic E-state index is 1.11. The van der Waals surface area contributed by atoms with Gasteiger partial charge in [0.15, 0.2) is 0 Å². The molecule has 0 aliphatic carbocycles. The van der Waals surface area contributed by atoms with E-state index in [0.29, 0.717) is 0 Å². The van der Waals surface area contributed by atoms with Crippen molar-refractivity contribution < 1.29 is 0 Å². The van der Waals surface area contributed by atoms with Gasteiger partial charge in [0.05, 0.1) is 5.52 Å². The van der Waals surface area contributed by atoms with Crippen molar-refractivity contribution in [3.8, 4) is 0 Å². The standard InChI is InChI=1S/C14H19N3/c1-15-8-4-9-16(12-11-15)17-10-7-13-5-2-3-6-14(13)17/h2-3,5-7,10H,4,8-9,11-12H2,1H3. The number of rotatable bonds is 1. The molecule has 17 heavy (non-hydrogen) atoms. The van der Waals surface area contributed by atoms with Gasteiger partial charge in [0.25, 0.3) is 0 Å². The Bertz CT molecular complexity index is 503. The minimum Gasteiger partial charge on any atom is -0.311 e. The van der Waals surface area contributed by atoms with E-state index in [9.17, 15) is 0 Å². The second kappa shape index (κ2) is 4.41. The molecule has 2 aromatic rings. The Morgan fingerprint density at radius 1 is 0.941 bits per heavy atom. The van der Waals surface area contributed by atoms with Crippen LogP contribution in [0.4, 0.5) is 0 Å². The summed E-state index contributed by atoms with van der Waals surface area (Å²) in [5.74, 6) is 0. The second-order valence-corrected chi connectivity index (χ2v) is 4.83. The lowest BCUT2D eigenvalue weighted by Gasteiger charge is -2.25.